The Bertz CT molecular complexity index is 631. The maximum atomic E-state index is 12.1. The Balaban J connectivity index is 0.00000243. The molecular formula is C19H28BrIN4O. The van der Waals surface area contributed by atoms with E-state index < -0.39 is 0 Å². The molecule has 1 aromatic rings. The Morgan fingerprint density at radius 3 is 2.46 bits per heavy atom. The van der Waals surface area contributed by atoms with Gasteiger partial charge in [-0.2, -0.15) is 0 Å². The van der Waals surface area contributed by atoms with Crippen molar-refractivity contribution >= 4 is 51.8 Å². The molecule has 2 aliphatic rings. The van der Waals surface area contributed by atoms with E-state index in [1.165, 1.54) is 25.7 Å². The summed E-state index contributed by atoms with van der Waals surface area (Å²) >= 11 is 3.38. The highest BCUT2D eigenvalue weighted by molar-refractivity contribution is 14.0. The van der Waals surface area contributed by atoms with Gasteiger partial charge in [-0.25, -0.2) is 0 Å². The van der Waals surface area contributed by atoms with E-state index in [4.69, 9.17) is 0 Å². The lowest BCUT2D eigenvalue weighted by atomic mass is 9.68. The van der Waals surface area contributed by atoms with Gasteiger partial charge < -0.3 is 15.5 Å². The minimum Gasteiger partial charge on any atom is -0.356 e. The van der Waals surface area contributed by atoms with Crippen LogP contribution >= 0.6 is 39.9 Å². The molecule has 1 heterocycles. The van der Waals surface area contributed by atoms with Gasteiger partial charge in [-0.1, -0.05) is 22.4 Å². The van der Waals surface area contributed by atoms with Crippen LogP contribution in [0.1, 0.15) is 42.5 Å². The van der Waals surface area contributed by atoms with Crippen molar-refractivity contribution in [2.45, 2.75) is 32.1 Å². The number of carbonyl (C=O) groups excluding carboxylic acids is 1. The number of benzene rings is 1. The third-order valence-electron chi connectivity index (χ3n) is 5.39. The summed E-state index contributed by atoms with van der Waals surface area (Å²) < 4.78 is 0.977. The fraction of sp³-hybridized carbons (Fsp3) is 0.579. The quantitative estimate of drug-likeness (QED) is 0.262. The SMILES string of the molecule is CN=C(NCCCNC(=O)c1ccc(Br)cc1)N1CCC2(CCC2)C1.I. The van der Waals surface area contributed by atoms with Crippen LogP contribution in [0, 0.1) is 5.41 Å². The molecule has 2 N–H and O–H groups in total. The Kier molecular flexibility index (Phi) is 8.19. The number of halogens is 2. The average molecular weight is 535 g/mol. The van der Waals surface area contributed by atoms with Gasteiger partial charge in [-0.05, 0) is 55.4 Å². The summed E-state index contributed by atoms with van der Waals surface area (Å²) in [6, 6.07) is 7.41. The topological polar surface area (TPSA) is 56.7 Å². The largest absolute Gasteiger partial charge is 0.356 e. The summed E-state index contributed by atoms with van der Waals surface area (Å²) in [5, 5.41) is 6.40. The van der Waals surface area contributed by atoms with Crippen LogP contribution in [0.4, 0.5) is 0 Å². The number of nitrogens with one attached hydrogen (secondary N) is 2. The molecule has 26 heavy (non-hydrogen) atoms. The number of nitrogens with zero attached hydrogens (tertiary/aromatic N) is 2. The number of carbonyl (C=O) groups is 1. The minimum atomic E-state index is -0.0247. The number of hydrogen-bond acceptors (Lipinski definition) is 2. The first kappa shape index (κ1) is 21.5. The third kappa shape index (κ3) is 5.34. The van der Waals surface area contributed by atoms with E-state index in [9.17, 15) is 4.79 Å². The Labute approximate surface area is 181 Å². The molecule has 1 aromatic carbocycles. The summed E-state index contributed by atoms with van der Waals surface area (Å²) in [6.45, 7) is 3.73. The third-order valence-corrected chi connectivity index (χ3v) is 5.92. The van der Waals surface area contributed by atoms with Gasteiger partial charge in [-0.3, -0.25) is 9.79 Å². The molecule has 1 saturated carbocycles. The fourth-order valence-electron chi connectivity index (χ4n) is 3.73. The van der Waals surface area contributed by atoms with Crippen LogP contribution in [0.5, 0.6) is 0 Å². The summed E-state index contributed by atoms with van der Waals surface area (Å²) in [6.07, 6.45) is 6.32. The molecule has 1 saturated heterocycles. The number of likely N-dealkylation sites (tertiary alicyclic amines) is 1. The molecule has 2 fully saturated rings. The first-order valence-corrected chi connectivity index (χ1v) is 9.91. The highest BCUT2D eigenvalue weighted by Gasteiger charge is 2.43. The molecule has 0 radical (unpaired) electrons. The lowest BCUT2D eigenvalue weighted by molar-refractivity contribution is 0.0953. The molecule has 1 amide bonds. The molecule has 144 valence electrons. The van der Waals surface area contributed by atoms with E-state index >= 15 is 0 Å². The molecule has 0 atom stereocenters. The second kappa shape index (κ2) is 9.92. The van der Waals surface area contributed by atoms with Crippen molar-refractivity contribution in [3.05, 3.63) is 34.3 Å². The maximum absolute atomic E-state index is 12.1. The zero-order valence-corrected chi connectivity index (χ0v) is 19.2. The van der Waals surface area contributed by atoms with Crippen molar-refractivity contribution in [2.24, 2.45) is 10.4 Å². The first-order chi connectivity index (χ1) is 12.1. The summed E-state index contributed by atoms with van der Waals surface area (Å²) in [7, 11) is 1.85. The summed E-state index contributed by atoms with van der Waals surface area (Å²) in [4.78, 5) is 18.9. The second-order valence-electron chi connectivity index (χ2n) is 7.12. The van der Waals surface area contributed by atoms with Crippen molar-refractivity contribution in [1.29, 1.82) is 0 Å². The Morgan fingerprint density at radius 1 is 1.19 bits per heavy atom. The number of aliphatic imine (C=N–C) groups is 1. The van der Waals surface area contributed by atoms with E-state index in [0.29, 0.717) is 17.5 Å². The molecule has 0 bridgehead atoms. The van der Waals surface area contributed by atoms with Gasteiger partial charge in [0.2, 0.25) is 0 Å². The van der Waals surface area contributed by atoms with E-state index in [0.717, 1.165) is 36.5 Å². The van der Waals surface area contributed by atoms with E-state index in [1.807, 2.05) is 31.3 Å². The number of guanidine groups is 1. The van der Waals surface area contributed by atoms with Crippen molar-refractivity contribution in [1.82, 2.24) is 15.5 Å². The minimum absolute atomic E-state index is 0. The van der Waals surface area contributed by atoms with Crippen molar-refractivity contribution in [3.8, 4) is 0 Å². The Morgan fingerprint density at radius 2 is 1.88 bits per heavy atom. The smallest absolute Gasteiger partial charge is 0.251 e. The number of hydrogen-bond donors (Lipinski definition) is 2. The second-order valence-corrected chi connectivity index (χ2v) is 8.03. The van der Waals surface area contributed by atoms with E-state index in [2.05, 4.69) is 36.5 Å². The number of amides is 1. The van der Waals surface area contributed by atoms with Gasteiger partial charge in [0.1, 0.15) is 0 Å². The fourth-order valence-corrected chi connectivity index (χ4v) is 3.99. The van der Waals surface area contributed by atoms with Crippen LogP contribution < -0.4 is 10.6 Å². The van der Waals surface area contributed by atoms with Gasteiger partial charge in [-0.15, -0.1) is 24.0 Å². The van der Waals surface area contributed by atoms with Crippen LogP contribution in [0.2, 0.25) is 0 Å². The van der Waals surface area contributed by atoms with Gasteiger partial charge in [0.15, 0.2) is 5.96 Å². The highest BCUT2D eigenvalue weighted by atomic mass is 127. The molecule has 0 aromatic heterocycles. The van der Waals surface area contributed by atoms with Crippen molar-refractivity contribution in [2.75, 3.05) is 33.2 Å². The Hall–Kier alpha value is -0.830. The van der Waals surface area contributed by atoms with Crippen molar-refractivity contribution in [3.63, 3.8) is 0 Å². The first-order valence-electron chi connectivity index (χ1n) is 9.11. The van der Waals surface area contributed by atoms with Gasteiger partial charge in [0.05, 0.1) is 0 Å². The number of rotatable bonds is 5. The van der Waals surface area contributed by atoms with Gasteiger partial charge >= 0.3 is 0 Å². The lowest BCUT2D eigenvalue weighted by Gasteiger charge is -2.38. The molecule has 1 spiro atoms. The van der Waals surface area contributed by atoms with Gasteiger partial charge in [0, 0.05) is 43.3 Å². The molecule has 0 unspecified atom stereocenters. The van der Waals surface area contributed by atoms with Crippen LogP contribution in [0.15, 0.2) is 33.7 Å². The highest BCUT2D eigenvalue weighted by Crippen LogP contribution is 2.47. The van der Waals surface area contributed by atoms with Gasteiger partial charge in [0.25, 0.3) is 5.91 Å². The molecule has 1 aliphatic carbocycles. The van der Waals surface area contributed by atoms with Crippen LogP contribution in [-0.2, 0) is 0 Å². The lowest BCUT2D eigenvalue weighted by Crippen LogP contribution is -2.43. The average Bonchev–Trinajstić information content (AvgIpc) is 3.04. The van der Waals surface area contributed by atoms with E-state index in [-0.39, 0.29) is 29.9 Å². The summed E-state index contributed by atoms with van der Waals surface area (Å²) in [5.41, 5.74) is 1.27. The zero-order chi connectivity index (χ0) is 17.7. The predicted molar refractivity (Wildman–Crippen MR) is 120 cm³/mol. The zero-order valence-electron chi connectivity index (χ0n) is 15.3. The normalized spacial score (nSPS) is 18.2. The van der Waals surface area contributed by atoms with Crippen molar-refractivity contribution < 1.29 is 4.79 Å². The molecule has 7 heteroatoms. The van der Waals surface area contributed by atoms with E-state index in [1.54, 1.807) is 0 Å². The molecule has 5 nitrogen and oxygen atoms in total. The van der Waals surface area contributed by atoms with Crippen LogP contribution in [0.3, 0.4) is 0 Å². The molecule has 3 rings (SSSR count). The van der Waals surface area contributed by atoms with Crippen LogP contribution in [-0.4, -0.2) is 50.0 Å². The predicted octanol–water partition coefficient (Wildman–Crippen LogP) is 3.64. The molecule has 1 aliphatic heterocycles. The maximum Gasteiger partial charge on any atom is 0.251 e. The molecular weight excluding hydrogens is 507 g/mol. The standard InChI is InChI=1S/C19H27BrN4O.HI/c1-21-18(24-13-10-19(14-24)8-2-9-19)23-12-3-11-22-17(25)15-4-6-16(20)7-5-15;/h4-7H,2-3,8-14H2,1H3,(H,21,23)(H,22,25);1H. The van der Waals surface area contributed by atoms with Crippen LogP contribution in [0.25, 0.3) is 0 Å². The summed E-state index contributed by atoms with van der Waals surface area (Å²) in [5.74, 6) is 0.978. The monoisotopic (exact) mass is 534 g/mol.